The lowest BCUT2D eigenvalue weighted by molar-refractivity contribution is -0.250. The van der Waals surface area contributed by atoms with Gasteiger partial charge in [-0.15, -0.1) is 0 Å². The number of hydrogen-bond acceptors (Lipinski definition) is 8. The topological polar surface area (TPSA) is 105 Å². The molecule has 0 radical (unpaired) electrons. The highest BCUT2D eigenvalue weighted by Gasteiger charge is 2.69. The molecule has 56 heavy (non-hydrogen) atoms. The van der Waals surface area contributed by atoms with Gasteiger partial charge in [-0.3, -0.25) is 0 Å². The maximum atomic E-state index is 12.9. The van der Waals surface area contributed by atoms with E-state index in [0.29, 0.717) is 57.8 Å². The SMILES string of the molecule is C=C(C)C(=O)OCC(=O)OC1(C2CC3CC2CC3C)C2CC3CC1CC(C)(C3)C2.C=CC(=O)OCC(=O)OC1(C2CCC(C)CC2)C2CC3CC1CC(C)(C3)C2. The van der Waals surface area contributed by atoms with E-state index < -0.39 is 11.9 Å². The van der Waals surface area contributed by atoms with E-state index in [2.05, 4.69) is 40.9 Å². The summed E-state index contributed by atoms with van der Waals surface area (Å²) in [5.41, 5.74) is 0.543. The molecule has 8 heteroatoms. The molecule has 0 saturated heterocycles. The van der Waals surface area contributed by atoms with E-state index in [1.54, 1.807) is 6.92 Å². The van der Waals surface area contributed by atoms with Crippen molar-refractivity contribution in [1.29, 1.82) is 0 Å². The number of ether oxygens (including phenoxy) is 4. The van der Waals surface area contributed by atoms with Crippen LogP contribution in [0.15, 0.2) is 24.8 Å². The van der Waals surface area contributed by atoms with E-state index in [-0.39, 0.29) is 36.4 Å². The molecule has 8 atom stereocenters. The number of rotatable bonds is 10. The van der Waals surface area contributed by atoms with Crippen LogP contribution in [0, 0.1) is 81.8 Å². The molecule has 310 valence electrons. The van der Waals surface area contributed by atoms with Crippen molar-refractivity contribution >= 4 is 23.9 Å². The Morgan fingerprint density at radius 1 is 0.625 bits per heavy atom. The summed E-state index contributed by atoms with van der Waals surface area (Å²) < 4.78 is 23.0. The molecular weight excluding hydrogens is 705 g/mol. The van der Waals surface area contributed by atoms with Crippen LogP contribution in [0.25, 0.3) is 0 Å². The summed E-state index contributed by atoms with van der Waals surface area (Å²) in [7, 11) is 0. The zero-order valence-electron chi connectivity index (χ0n) is 35.1. The minimum atomic E-state index is -0.565. The Hall–Kier alpha value is -2.64. The highest BCUT2D eigenvalue weighted by Crippen LogP contribution is 2.71. The summed E-state index contributed by atoms with van der Waals surface area (Å²) in [5, 5.41) is 0. The molecule has 0 aliphatic heterocycles. The van der Waals surface area contributed by atoms with Crippen molar-refractivity contribution in [2.45, 2.75) is 155 Å². The van der Waals surface area contributed by atoms with Gasteiger partial charge in [-0.25, -0.2) is 19.2 Å². The monoisotopic (exact) mass is 775 g/mol. The Kier molecular flexibility index (Phi) is 10.7. The molecule has 0 amide bonds. The Balaban J connectivity index is 0.000000158. The number of fused-ring (bicyclic) bond motifs is 2. The molecule has 0 N–H and O–H groups in total. The molecule has 11 fully saturated rings. The average Bonchev–Trinajstić information content (AvgIpc) is 3.72. The van der Waals surface area contributed by atoms with Gasteiger partial charge < -0.3 is 18.9 Å². The van der Waals surface area contributed by atoms with Crippen LogP contribution in [0.2, 0.25) is 0 Å². The Labute approximate surface area is 336 Å². The fourth-order valence-electron chi connectivity index (χ4n) is 16.3. The molecule has 0 aromatic carbocycles. The molecule has 11 saturated carbocycles. The number of hydrogen-bond donors (Lipinski definition) is 0. The molecular formula is C48H70O8. The first-order valence-electron chi connectivity index (χ1n) is 22.6. The first-order valence-corrected chi connectivity index (χ1v) is 22.6. The number of carbonyl (C=O) groups is 4. The quantitative estimate of drug-likeness (QED) is 0.123. The first kappa shape index (κ1) is 40.2. The maximum Gasteiger partial charge on any atom is 0.344 e. The van der Waals surface area contributed by atoms with Crippen LogP contribution in [-0.4, -0.2) is 48.3 Å². The Bertz CT molecular complexity index is 1550. The highest BCUT2D eigenvalue weighted by molar-refractivity contribution is 5.88. The third-order valence-corrected chi connectivity index (χ3v) is 17.7. The van der Waals surface area contributed by atoms with Crippen molar-refractivity contribution < 1.29 is 38.1 Å². The molecule has 0 heterocycles. The van der Waals surface area contributed by atoms with Crippen LogP contribution in [0.4, 0.5) is 0 Å². The van der Waals surface area contributed by atoms with Gasteiger partial charge in [-0.2, -0.15) is 0 Å². The second-order valence-electron chi connectivity index (χ2n) is 21.9. The van der Waals surface area contributed by atoms with Gasteiger partial charge in [0.05, 0.1) is 0 Å². The zero-order chi connectivity index (χ0) is 39.8. The highest BCUT2D eigenvalue weighted by atomic mass is 16.6. The molecule has 10 bridgehead atoms. The predicted molar refractivity (Wildman–Crippen MR) is 213 cm³/mol. The maximum absolute atomic E-state index is 12.9. The third-order valence-electron chi connectivity index (χ3n) is 17.7. The van der Waals surface area contributed by atoms with Gasteiger partial charge in [0, 0.05) is 41.2 Å². The summed E-state index contributed by atoms with van der Waals surface area (Å²) in [6.45, 7) is 17.6. The zero-order valence-corrected chi connectivity index (χ0v) is 35.1. The van der Waals surface area contributed by atoms with Crippen LogP contribution < -0.4 is 0 Å². The minimum Gasteiger partial charge on any atom is -0.456 e. The molecule has 8 unspecified atom stereocenters. The standard InChI is InChI=1S/C25H36O4.C23H34O4/c1-14(2)23(27)28-13-22(26)29-25(21-9-17-8-18(21)5-15(17)3)19-6-16-7-20(25)12-24(4,10-16)11-19;1-4-20(24)26-14-21(25)27-23(17-7-5-15(2)6-8-17)18-9-16-10-19(23)13-22(3,11-16)12-18/h15-21H,1,5-13H2,2-4H3;4,15-19H,1,5-14H2,2-3H3. The lowest BCUT2D eigenvalue weighted by Gasteiger charge is -2.66. The van der Waals surface area contributed by atoms with E-state index >= 15 is 0 Å². The van der Waals surface area contributed by atoms with Gasteiger partial charge in [0.1, 0.15) is 11.2 Å². The van der Waals surface area contributed by atoms with E-state index in [1.165, 1.54) is 96.3 Å². The van der Waals surface area contributed by atoms with Gasteiger partial charge in [0.25, 0.3) is 0 Å². The summed E-state index contributed by atoms with van der Waals surface area (Å²) in [6, 6.07) is 0. The van der Waals surface area contributed by atoms with Crippen LogP contribution in [0.1, 0.15) is 144 Å². The van der Waals surface area contributed by atoms with Gasteiger partial charge >= 0.3 is 23.9 Å². The van der Waals surface area contributed by atoms with Crippen LogP contribution in [-0.2, 0) is 38.1 Å². The summed E-state index contributed by atoms with van der Waals surface area (Å²) in [5.74, 6) is 5.79. The minimum absolute atomic E-state index is 0.287. The van der Waals surface area contributed by atoms with E-state index in [9.17, 15) is 19.2 Å². The van der Waals surface area contributed by atoms with Crippen molar-refractivity contribution in [2.24, 2.45) is 81.8 Å². The third kappa shape index (κ3) is 7.11. The molecule has 0 aromatic rings. The Morgan fingerprint density at radius 2 is 1.12 bits per heavy atom. The Morgan fingerprint density at radius 3 is 1.57 bits per heavy atom. The smallest absolute Gasteiger partial charge is 0.344 e. The van der Waals surface area contributed by atoms with E-state index in [4.69, 9.17) is 18.9 Å². The van der Waals surface area contributed by atoms with E-state index in [1.807, 2.05) is 0 Å². The fraction of sp³-hybridized carbons (Fsp3) is 0.833. The van der Waals surface area contributed by atoms with Crippen molar-refractivity contribution in [3.05, 3.63) is 24.8 Å². The lowest BCUT2D eigenvalue weighted by Crippen LogP contribution is -2.66. The predicted octanol–water partition coefficient (Wildman–Crippen LogP) is 9.59. The summed E-state index contributed by atoms with van der Waals surface area (Å²) >= 11 is 0. The summed E-state index contributed by atoms with van der Waals surface area (Å²) in [6.07, 6.45) is 22.0. The van der Waals surface area contributed by atoms with Crippen molar-refractivity contribution in [3.8, 4) is 0 Å². The summed E-state index contributed by atoms with van der Waals surface area (Å²) in [4.78, 5) is 48.8. The molecule has 0 spiro atoms. The molecule has 11 aliphatic rings. The molecule has 11 aliphatic carbocycles. The van der Waals surface area contributed by atoms with Crippen molar-refractivity contribution in [1.82, 2.24) is 0 Å². The van der Waals surface area contributed by atoms with Crippen molar-refractivity contribution in [3.63, 3.8) is 0 Å². The van der Waals surface area contributed by atoms with Gasteiger partial charge in [-0.05, 0) is 155 Å². The number of esters is 4. The second-order valence-corrected chi connectivity index (χ2v) is 21.9. The van der Waals surface area contributed by atoms with Crippen LogP contribution >= 0.6 is 0 Å². The largest absolute Gasteiger partial charge is 0.456 e. The van der Waals surface area contributed by atoms with Crippen molar-refractivity contribution in [2.75, 3.05) is 13.2 Å². The lowest BCUT2D eigenvalue weighted by atomic mass is 9.42. The van der Waals surface area contributed by atoms with Gasteiger partial charge in [-0.1, -0.05) is 53.7 Å². The fourth-order valence-corrected chi connectivity index (χ4v) is 16.3. The van der Waals surface area contributed by atoms with Crippen LogP contribution in [0.5, 0.6) is 0 Å². The van der Waals surface area contributed by atoms with Crippen LogP contribution in [0.3, 0.4) is 0 Å². The second kappa shape index (κ2) is 14.9. The number of carbonyl (C=O) groups excluding carboxylic acids is 4. The molecule has 11 rings (SSSR count). The van der Waals surface area contributed by atoms with Gasteiger partial charge in [0.2, 0.25) is 0 Å². The van der Waals surface area contributed by atoms with E-state index in [0.717, 1.165) is 48.5 Å². The molecule has 8 nitrogen and oxygen atoms in total. The van der Waals surface area contributed by atoms with Gasteiger partial charge in [0.15, 0.2) is 13.2 Å². The first-order chi connectivity index (χ1) is 26.5. The average molecular weight is 775 g/mol. The normalized spacial score (nSPS) is 47.4. The molecule has 0 aromatic heterocycles.